The second-order valence-corrected chi connectivity index (χ2v) is 15.7. The van der Waals surface area contributed by atoms with Crippen molar-refractivity contribution in [2.24, 2.45) is 0 Å². The summed E-state index contributed by atoms with van der Waals surface area (Å²) in [4.78, 5) is 52.0. The van der Waals surface area contributed by atoms with Gasteiger partial charge in [-0.3, -0.25) is 9.59 Å². The number of halogens is 2. The second kappa shape index (κ2) is 21.7. The number of anilines is 2. The highest BCUT2D eigenvalue weighted by Gasteiger charge is 2.26. The van der Waals surface area contributed by atoms with Crippen LogP contribution in [0.2, 0.25) is 0 Å². The first-order chi connectivity index (χ1) is 25.8. The molecule has 0 spiro atoms. The highest BCUT2D eigenvalue weighted by Crippen LogP contribution is 2.47. The number of thiophene rings is 2. The van der Waals surface area contributed by atoms with Crippen LogP contribution in [-0.2, 0) is 20.7 Å². The predicted octanol–water partition coefficient (Wildman–Crippen LogP) is 9.12. The number of carbonyl (C=O) groups is 4. The number of aryl methyl sites for hydroxylation is 1. The smallest absolute Gasteiger partial charge is 0.341 e. The van der Waals surface area contributed by atoms with E-state index < -0.39 is 11.9 Å². The summed E-state index contributed by atoms with van der Waals surface area (Å²) in [5, 5.41) is 17.3. The van der Waals surface area contributed by atoms with E-state index in [2.05, 4.69) is 80.0 Å². The predicted molar refractivity (Wildman–Crippen MR) is 227 cm³/mol. The van der Waals surface area contributed by atoms with Gasteiger partial charge in [-0.1, -0.05) is 40.7 Å². The second-order valence-electron chi connectivity index (χ2n) is 11.9. The fourth-order valence-corrected chi connectivity index (χ4v) is 9.52. The molecule has 0 unspecified atom stereocenters. The number of aromatic carboxylic acids is 1. The number of likely N-dealkylation sites (N-methyl/N-ethyl adjacent to an activating group) is 2. The Morgan fingerprint density at radius 1 is 0.741 bits per heavy atom. The Kier molecular flexibility index (Phi) is 18.1. The summed E-state index contributed by atoms with van der Waals surface area (Å²) in [5.41, 5.74) is 1.40. The van der Waals surface area contributed by atoms with Gasteiger partial charge >= 0.3 is 11.9 Å². The molecule has 4 rings (SSSR count). The van der Waals surface area contributed by atoms with Crippen LogP contribution >= 0.6 is 54.5 Å². The molecule has 2 amide bonds. The van der Waals surface area contributed by atoms with E-state index in [1.54, 1.807) is 6.92 Å². The van der Waals surface area contributed by atoms with Crippen molar-refractivity contribution in [2.45, 2.75) is 61.8 Å². The van der Waals surface area contributed by atoms with Gasteiger partial charge in [0.2, 0.25) is 11.8 Å². The van der Waals surface area contributed by atoms with Crippen molar-refractivity contribution >= 4 is 108 Å². The number of carboxylic acid groups (broad SMARTS) is 1. The molecule has 4 aromatic rings. The van der Waals surface area contributed by atoms with E-state index in [0.717, 1.165) is 63.2 Å². The number of hydrogen-bond acceptors (Lipinski definition) is 11. The van der Waals surface area contributed by atoms with E-state index in [4.69, 9.17) is 14.2 Å². The number of hydrogen-bond donors (Lipinski definition) is 3. The first-order valence-electron chi connectivity index (χ1n) is 17.9. The quantitative estimate of drug-likeness (QED) is 0.0827. The normalized spacial score (nSPS) is 11.1. The Morgan fingerprint density at radius 3 is 1.70 bits per heavy atom. The van der Waals surface area contributed by atoms with Crippen LogP contribution in [0.25, 0.3) is 20.2 Å². The molecule has 12 nitrogen and oxygen atoms in total. The maximum absolute atomic E-state index is 12.5. The number of benzene rings is 2. The number of fused-ring (bicyclic) bond motifs is 2. The van der Waals surface area contributed by atoms with E-state index >= 15 is 0 Å². The largest absolute Gasteiger partial charge is 0.490 e. The molecule has 0 saturated heterocycles. The highest BCUT2D eigenvalue weighted by molar-refractivity contribution is 9.11. The highest BCUT2D eigenvalue weighted by atomic mass is 79.9. The molecule has 3 N–H and O–H groups in total. The molecular formula is C38H50Br2N4O8S2. The van der Waals surface area contributed by atoms with E-state index in [0.29, 0.717) is 57.5 Å². The number of amides is 2. The molecule has 2 aromatic heterocycles. The maximum Gasteiger partial charge on any atom is 0.341 e. The molecule has 0 atom stereocenters. The lowest BCUT2D eigenvalue weighted by atomic mass is 10.0. The summed E-state index contributed by atoms with van der Waals surface area (Å²) in [5.74, 6) is -0.759. The molecule has 0 aliphatic heterocycles. The van der Waals surface area contributed by atoms with Crippen molar-refractivity contribution < 1.29 is 38.5 Å². The Labute approximate surface area is 341 Å². The average molecular weight is 915 g/mol. The van der Waals surface area contributed by atoms with Crippen LogP contribution in [0, 0.1) is 0 Å². The minimum absolute atomic E-state index is 0.128. The van der Waals surface area contributed by atoms with E-state index in [1.165, 1.54) is 36.5 Å². The molecule has 0 aliphatic carbocycles. The van der Waals surface area contributed by atoms with Gasteiger partial charge in [0.1, 0.15) is 34.3 Å². The van der Waals surface area contributed by atoms with Crippen LogP contribution in [0.5, 0.6) is 11.5 Å². The number of nitrogens with one attached hydrogen (secondary N) is 2. The fraction of sp³-hybridized carbons (Fsp3) is 0.474. The molecule has 0 radical (unpaired) electrons. The summed E-state index contributed by atoms with van der Waals surface area (Å²) >= 11 is 9.66. The van der Waals surface area contributed by atoms with Gasteiger partial charge < -0.3 is 39.8 Å². The summed E-state index contributed by atoms with van der Waals surface area (Å²) < 4.78 is 20.4. The lowest BCUT2D eigenvalue weighted by Crippen LogP contribution is -2.27. The zero-order chi connectivity index (χ0) is 40.1. The topological polar surface area (TPSA) is 147 Å². The van der Waals surface area contributed by atoms with Crippen molar-refractivity contribution in [3.63, 3.8) is 0 Å². The van der Waals surface area contributed by atoms with Crippen LogP contribution in [-0.4, -0.2) is 97.7 Å². The van der Waals surface area contributed by atoms with Crippen molar-refractivity contribution in [2.75, 3.05) is 69.7 Å². The Hall–Kier alpha value is -3.28. The van der Waals surface area contributed by atoms with Gasteiger partial charge in [-0.2, -0.15) is 0 Å². The first-order valence-corrected chi connectivity index (χ1v) is 21.2. The zero-order valence-electron chi connectivity index (χ0n) is 32.1. The minimum atomic E-state index is -1.06. The number of carboxylic acids is 1. The molecule has 296 valence electrons. The average Bonchev–Trinajstić information content (AvgIpc) is 3.68. The molecule has 0 fully saturated rings. The third-order valence-corrected chi connectivity index (χ3v) is 11.9. The number of ether oxygens (including phenoxy) is 3. The van der Waals surface area contributed by atoms with Gasteiger partial charge in [0.25, 0.3) is 0 Å². The first kappa shape index (κ1) is 45.1. The molecule has 0 bridgehead atoms. The zero-order valence-corrected chi connectivity index (χ0v) is 36.9. The fourth-order valence-electron chi connectivity index (χ4n) is 5.70. The van der Waals surface area contributed by atoms with Gasteiger partial charge in [-0.15, -0.1) is 22.7 Å². The van der Waals surface area contributed by atoms with Gasteiger partial charge in [0.15, 0.2) is 11.5 Å². The van der Waals surface area contributed by atoms with Crippen LogP contribution in [0.1, 0.15) is 81.7 Å². The molecular weight excluding hydrogens is 864 g/mol. The van der Waals surface area contributed by atoms with Crippen LogP contribution < -0.4 is 20.1 Å². The number of nitrogens with zero attached hydrogens (tertiary/aromatic N) is 2. The molecule has 54 heavy (non-hydrogen) atoms. The molecule has 16 heteroatoms. The number of esters is 1. The van der Waals surface area contributed by atoms with Crippen molar-refractivity contribution in [1.82, 2.24) is 9.80 Å². The van der Waals surface area contributed by atoms with E-state index in [-0.39, 0.29) is 24.0 Å². The third-order valence-electron chi connectivity index (χ3n) is 8.47. The summed E-state index contributed by atoms with van der Waals surface area (Å²) in [6.07, 6.45) is 0.672. The van der Waals surface area contributed by atoms with Crippen molar-refractivity contribution in [3.8, 4) is 11.5 Å². The molecule has 0 saturated carbocycles. The third kappa shape index (κ3) is 11.4. The van der Waals surface area contributed by atoms with E-state index in [1.807, 2.05) is 25.1 Å². The summed E-state index contributed by atoms with van der Waals surface area (Å²) in [7, 11) is 0. The monoisotopic (exact) mass is 912 g/mol. The Bertz CT molecular complexity index is 1940. The van der Waals surface area contributed by atoms with Crippen LogP contribution in [0.3, 0.4) is 0 Å². The maximum atomic E-state index is 12.5. The molecule has 2 aromatic carbocycles. The Balaban J connectivity index is 0.000000290. The standard InChI is InChI=1S/2C19H25BrN2O4S/c1-5-22(6-2)10-11-26-16-14(20)9-8-13-15(19(24)25-7-3)18(21-12(4)23)27-17(13)16;1-5-12-10-13(20)16(26-9-8-22(6-2)7-3)17-14(12)15(19(24)25)18(27-17)21-11(4)23/h8-9H,5-7,10-11H2,1-4H3,(H,21,23);10H,5-9H2,1-4H3,(H,21,23)(H,24,25). The van der Waals surface area contributed by atoms with Crippen molar-refractivity contribution in [1.29, 1.82) is 0 Å². The van der Waals surface area contributed by atoms with Gasteiger partial charge in [0, 0.05) is 37.7 Å². The lowest BCUT2D eigenvalue weighted by molar-refractivity contribution is -0.115. The SMILES string of the molecule is CCOC(=O)c1c(NC(C)=O)sc2c(OCCN(CC)CC)c(Br)ccc12.CCc1cc(Br)c(OCCN(CC)CC)c2sc(NC(C)=O)c(C(=O)O)c12. The number of rotatable bonds is 18. The Morgan fingerprint density at radius 2 is 1.24 bits per heavy atom. The minimum Gasteiger partial charge on any atom is -0.490 e. The van der Waals surface area contributed by atoms with Gasteiger partial charge in [0.05, 0.1) is 25.0 Å². The molecule has 0 aliphatic rings. The lowest BCUT2D eigenvalue weighted by Gasteiger charge is -2.19. The molecule has 2 heterocycles. The van der Waals surface area contributed by atoms with Crippen LogP contribution in [0.15, 0.2) is 27.1 Å². The number of carbonyl (C=O) groups excluding carboxylic acids is 3. The van der Waals surface area contributed by atoms with Gasteiger partial charge in [-0.05, 0) is 89.1 Å². The summed E-state index contributed by atoms with van der Waals surface area (Å²) in [6.45, 7) is 21.6. The summed E-state index contributed by atoms with van der Waals surface area (Å²) in [6, 6.07) is 5.60. The van der Waals surface area contributed by atoms with Crippen molar-refractivity contribution in [3.05, 3.63) is 43.8 Å². The van der Waals surface area contributed by atoms with Gasteiger partial charge in [-0.25, -0.2) is 9.59 Å². The van der Waals surface area contributed by atoms with E-state index in [9.17, 15) is 24.3 Å². The van der Waals surface area contributed by atoms with Crippen LogP contribution in [0.4, 0.5) is 10.0 Å².